The van der Waals surface area contributed by atoms with Gasteiger partial charge in [-0.15, -0.1) is 0 Å². The van der Waals surface area contributed by atoms with Gasteiger partial charge in [0.1, 0.15) is 27.9 Å². The Morgan fingerprint density at radius 1 is 0.973 bits per heavy atom. The van der Waals surface area contributed by atoms with Crippen LogP contribution in [0.4, 0.5) is 21.6 Å². The maximum absolute atomic E-state index is 14.8. The lowest BCUT2D eigenvalue weighted by Crippen LogP contribution is -2.98. The Bertz CT molecular complexity index is 3150. The second-order valence-corrected chi connectivity index (χ2v) is 24.4. The van der Waals surface area contributed by atoms with E-state index in [1.165, 1.54) is 61.1 Å². The monoisotopic (exact) mass is 1040 g/mol. The summed E-state index contributed by atoms with van der Waals surface area (Å²) in [6.07, 6.45) is 17.7. The summed E-state index contributed by atoms with van der Waals surface area (Å²) in [5.41, 5.74) is 4.80. The quantitative estimate of drug-likeness (QED) is 0.0585. The molecule has 6 aromatic rings. The number of piperazine rings is 1. The first-order valence-electron chi connectivity index (χ1n) is 26.8. The number of aromatic amines is 1. The van der Waals surface area contributed by atoms with E-state index in [1.54, 1.807) is 18.2 Å². The molecule has 17 nitrogen and oxygen atoms in total. The second kappa shape index (κ2) is 20.5. The van der Waals surface area contributed by atoms with Crippen molar-refractivity contribution >= 4 is 44.2 Å². The van der Waals surface area contributed by atoms with Gasteiger partial charge in [-0.1, -0.05) is 38.1 Å². The van der Waals surface area contributed by atoms with Gasteiger partial charge in [0, 0.05) is 93.7 Å². The van der Waals surface area contributed by atoms with Crippen LogP contribution in [0.5, 0.6) is 11.5 Å². The average Bonchev–Trinajstić information content (AvgIpc) is 4.03. The Balaban J connectivity index is 0.782. The van der Waals surface area contributed by atoms with Crippen LogP contribution in [0.1, 0.15) is 130 Å². The highest BCUT2D eigenvalue weighted by molar-refractivity contribution is 7.90. The smallest absolute Gasteiger partial charge is 0.268 e. The Morgan fingerprint density at radius 2 is 1.75 bits per heavy atom. The summed E-state index contributed by atoms with van der Waals surface area (Å²) >= 11 is 0. The molecule has 1 amide bonds. The van der Waals surface area contributed by atoms with Crippen LogP contribution in [-0.2, 0) is 16.6 Å². The van der Waals surface area contributed by atoms with Crippen molar-refractivity contribution < 1.29 is 32.5 Å². The first-order valence-corrected chi connectivity index (χ1v) is 28.3. The molecule has 2 unspecified atom stereocenters. The average molecular weight is 1040 g/mol. The number of piperidine rings is 1. The number of nitrogens with one attached hydrogen (secondary N) is 4. The van der Waals surface area contributed by atoms with Gasteiger partial charge in [-0.25, -0.2) is 27.5 Å². The Hall–Kier alpha value is -5.96. The third-order valence-corrected chi connectivity index (χ3v) is 18.2. The maximum Gasteiger partial charge on any atom is 0.268 e. The summed E-state index contributed by atoms with van der Waals surface area (Å²) in [4.78, 5) is 32.9. The molecule has 4 aromatic heterocycles. The first-order chi connectivity index (χ1) is 36.0. The van der Waals surface area contributed by atoms with E-state index < -0.39 is 32.4 Å². The standard InChI is InChI=1S/C56H70FN11O6S/c1-36(2)44-7-5-6-8-45(44)50-35-65(33-38-29-62-68(34-38)39-9-10-39)21-22-67(50)41-26-56(27-41)17-19-66(20-18-56)40-11-12-46(51(23-40)74-42-24-47-48(57)32-61-52(47)59-30-42)54(69)63-75(72,73)43-25-49(64(4)71)53(60-31-43)58-28-37-13-15-55(3,70)16-14-37/h5-8,11-12,23-25,29-32,34,36-37,39,41,50,64,70H,9-10,13-22,26-28,33,35H2,1-4H3,(H,58,60)(H,59,61)(H,63,69)/t37-,50?,55-. The maximum atomic E-state index is 14.8. The normalized spacial score (nSPS) is 23.1. The van der Waals surface area contributed by atoms with Gasteiger partial charge >= 0.3 is 0 Å². The predicted octanol–water partition coefficient (Wildman–Crippen LogP) is 7.97. The molecule has 3 aliphatic carbocycles. The number of quaternary nitrogens is 1. The second-order valence-electron chi connectivity index (χ2n) is 22.7. The molecule has 0 radical (unpaired) electrons. The molecule has 2 saturated heterocycles. The molecule has 11 rings (SSSR count). The van der Waals surface area contributed by atoms with Crippen LogP contribution in [0.3, 0.4) is 0 Å². The lowest BCUT2D eigenvalue weighted by atomic mass is 9.59. The van der Waals surface area contributed by atoms with Crippen LogP contribution in [0, 0.1) is 22.4 Å². The number of hydrogen-bond acceptors (Lipinski definition) is 13. The molecule has 2 aromatic carbocycles. The third-order valence-electron chi connectivity index (χ3n) is 16.9. The van der Waals surface area contributed by atoms with Crippen molar-refractivity contribution in [1.29, 1.82) is 0 Å². The highest BCUT2D eigenvalue weighted by atomic mass is 32.2. The highest BCUT2D eigenvalue weighted by Crippen LogP contribution is 2.53. The van der Waals surface area contributed by atoms with Crippen molar-refractivity contribution in [2.45, 2.75) is 126 Å². The Labute approximate surface area is 438 Å². The largest absolute Gasteiger partial charge is 0.629 e. The number of carbonyl (C=O) groups excluding carboxylic acids is 1. The number of carbonyl (C=O) groups is 1. The number of amides is 1. The molecule has 5 fully saturated rings. The Kier molecular flexibility index (Phi) is 14.0. The topological polar surface area (TPSA) is 201 Å². The minimum Gasteiger partial charge on any atom is -0.629 e. The molecular weight excluding hydrogens is 974 g/mol. The summed E-state index contributed by atoms with van der Waals surface area (Å²) in [6.45, 7) is 12.4. The van der Waals surface area contributed by atoms with Gasteiger partial charge in [0.05, 0.1) is 48.2 Å². The zero-order valence-corrected chi connectivity index (χ0v) is 44.2. The van der Waals surface area contributed by atoms with Crippen molar-refractivity contribution in [1.82, 2.24) is 39.3 Å². The fourth-order valence-corrected chi connectivity index (χ4v) is 13.2. The van der Waals surface area contributed by atoms with Crippen molar-refractivity contribution in [3.63, 3.8) is 0 Å². The van der Waals surface area contributed by atoms with E-state index >= 15 is 0 Å². The summed E-state index contributed by atoms with van der Waals surface area (Å²) < 4.78 is 53.3. The molecular formula is C56H70FN11O6S. The van der Waals surface area contributed by atoms with Gasteiger partial charge in [-0.2, -0.15) is 5.10 Å². The van der Waals surface area contributed by atoms with Crippen LogP contribution < -0.4 is 24.7 Å². The molecule has 1 spiro atoms. The highest BCUT2D eigenvalue weighted by Gasteiger charge is 2.50. The SMILES string of the molecule is CC(C)c1ccccc1C1CN(Cc2cnn(C3CC3)c2)CCN1C1CC2(CCN(c3ccc(C(=O)NS(=O)(=O)c4cnc(NC[C@H]5CC[C@](C)(O)CC5)c([NH+](C)[O-])c4)c(Oc4cnc5[nH]cc(F)c5c4)c3)CC2)C1. The number of rotatable bonds is 16. The number of fused-ring (bicyclic) bond motifs is 1. The number of H-pyrrole nitrogens is 1. The van der Waals surface area contributed by atoms with Gasteiger partial charge < -0.3 is 35.3 Å². The molecule has 2 atom stereocenters. The zero-order chi connectivity index (χ0) is 52.2. The van der Waals surface area contributed by atoms with Crippen molar-refractivity contribution in [2.75, 3.05) is 56.5 Å². The minimum atomic E-state index is -4.55. The number of benzene rings is 2. The van der Waals surface area contributed by atoms with Gasteiger partial charge in [0.2, 0.25) is 0 Å². The number of pyridine rings is 2. The molecule has 75 heavy (non-hydrogen) atoms. The van der Waals surface area contributed by atoms with E-state index in [2.05, 4.69) is 100.0 Å². The van der Waals surface area contributed by atoms with Gasteiger partial charge in [-0.3, -0.25) is 19.3 Å². The lowest BCUT2D eigenvalue weighted by molar-refractivity contribution is -0.751. The van der Waals surface area contributed by atoms with Crippen LogP contribution in [0.2, 0.25) is 0 Å². The summed E-state index contributed by atoms with van der Waals surface area (Å²) in [5, 5.41) is 30.9. The number of ether oxygens (including phenoxy) is 1. The molecule has 6 heterocycles. The van der Waals surface area contributed by atoms with E-state index in [9.17, 15) is 27.9 Å². The van der Waals surface area contributed by atoms with Crippen molar-refractivity contribution in [3.05, 3.63) is 119 Å². The number of anilines is 2. The number of halogens is 1. The fraction of sp³-hybridized carbons (Fsp3) is 0.500. The predicted molar refractivity (Wildman–Crippen MR) is 285 cm³/mol. The molecule has 19 heteroatoms. The summed E-state index contributed by atoms with van der Waals surface area (Å²) in [6, 6.07) is 18.2. The van der Waals surface area contributed by atoms with E-state index in [1.807, 2.05) is 6.92 Å². The third kappa shape index (κ3) is 11.0. The van der Waals surface area contributed by atoms with E-state index in [-0.39, 0.29) is 50.2 Å². The molecule has 5 aliphatic rings. The number of aromatic nitrogens is 5. The zero-order valence-electron chi connectivity index (χ0n) is 43.4. The van der Waals surface area contributed by atoms with Crippen LogP contribution >= 0.6 is 0 Å². The van der Waals surface area contributed by atoms with Crippen molar-refractivity contribution in [2.24, 2.45) is 11.3 Å². The molecule has 0 bridgehead atoms. The van der Waals surface area contributed by atoms with Crippen molar-refractivity contribution in [3.8, 4) is 11.5 Å². The van der Waals surface area contributed by atoms with Crippen LogP contribution in [-0.4, -0.2) is 112 Å². The van der Waals surface area contributed by atoms with Gasteiger partial charge in [-0.05, 0) is 118 Å². The van der Waals surface area contributed by atoms with Gasteiger partial charge in [0.25, 0.3) is 15.9 Å². The van der Waals surface area contributed by atoms with Crippen LogP contribution in [0.25, 0.3) is 11.0 Å². The summed E-state index contributed by atoms with van der Waals surface area (Å²) in [7, 11) is -3.22. The molecule has 5 N–H and O–H groups in total. The molecule has 398 valence electrons. The summed E-state index contributed by atoms with van der Waals surface area (Å²) in [5.74, 6) is -0.339. The fourth-order valence-electron chi connectivity index (χ4n) is 12.2. The molecule has 3 saturated carbocycles. The molecule has 2 aliphatic heterocycles. The minimum absolute atomic E-state index is 0.0659. The van der Waals surface area contributed by atoms with Gasteiger partial charge in [0.15, 0.2) is 11.5 Å². The number of sulfonamides is 1. The van der Waals surface area contributed by atoms with E-state index in [0.29, 0.717) is 49.1 Å². The lowest BCUT2D eigenvalue weighted by Gasteiger charge is -2.58. The number of nitrogens with zero attached hydrogens (tertiary/aromatic N) is 7. The Morgan fingerprint density at radius 3 is 2.49 bits per heavy atom. The number of aliphatic hydroxyl groups is 1. The van der Waals surface area contributed by atoms with E-state index in [0.717, 1.165) is 89.7 Å². The number of hydrogen-bond donors (Lipinski definition) is 5. The number of hydroxylamine groups is 1. The van der Waals surface area contributed by atoms with Crippen LogP contribution in [0.15, 0.2) is 90.5 Å². The first kappa shape index (κ1) is 51.2. The van der Waals surface area contributed by atoms with E-state index in [4.69, 9.17) is 4.74 Å².